The molecular weight excluding hydrogens is 176 g/mol. The van der Waals surface area contributed by atoms with Crippen LogP contribution in [0.5, 0.6) is 0 Å². The molecule has 1 aromatic heterocycles. The third kappa shape index (κ3) is 1.26. The monoisotopic (exact) mass is 186 g/mol. The van der Waals surface area contributed by atoms with Crippen molar-refractivity contribution in [2.24, 2.45) is 0 Å². The fraction of sp³-hybridized carbons (Fsp3) is 0.182. The summed E-state index contributed by atoms with van der Waals surface area (Å²) in [7, 11) is 0. The van der Waals surface area contributed by atoms with Gasteiger partial charge in [-0.15, -0.1) is 0 Å². The minimum atomic E-state index is 0.00756. The third-order valence-electron chi connectivity index (χ3n) is 2.31. The summed E-state index contributed by atoms with van der Waals surface area (Å²) in [6, 6.07) is 7.81. The van der Waals surface area contributed by atoms with Gasteiger partial charge in [0.15, 0.2) is 0 Å². The van der Waals surface area contributed by atoms with Gasteiger partial charge in [-0.1, -0.05) is 12.1 Å². The van der Waals surface area contributed by atoms with Crippen LogP contribution in [0, 0.1) is 11.3 Å². The molecule has 1 aromatic carbocycles. The van der Waals surface area contributed by atoms with E-state index in [9.17, 15) is 0 Å². The van der Waals surface area contributed by atoms with E-state index >= 15 is 0 Å². The van der Waals surface area contributed by atoms with Gasteiger partial charge in [0.05, 0.1) is 19.1 Å². The number of aromatic nitrogens is 1. The summed E-state index contributed by atoms with van der Waals surface area (Å²) in [5.74, 6) is 0. The smallest absolute Gasteiger partial charge is 0.0688 e. The maximum Gasteiger partial charge on any atom is 0.0688 e. The Kier molecular flexibility index (Phi) is 2.21. The quantitative estimate of drug-likeness (QED) is 0.750. The molecule has 0 amide bonds. The Morgan fingerprint density at radius 3 is 2.93 bits per heavy atom. The maximum atomic E-state index is 9.15. The molecule has 0 atom stereocenters. The molecule has 0 radical (unpaired) electrons. The van der Waals surface area contributed by atoms with Crippen molar-refractivity contribution in [3.05, 3.63) is 35.5 Å². The van der Waals surface area contributed by atoms with Crippen LogP contribution in [0.25, 0.3) is 10.9 Å². The highest BCUT2D eigenvalue weighted by atomic mass is 16.3. The molecule has 0 aliphatic carbocycles. The average Bonchev–Trinajstić information content (AvgIpc) is 2.62. The fourth-order valence-corrected chi connectivity index (χ4v) is 1.69. The van der Waals surface area contributed by atoms with Crippen molar-refractivity contribution in [3.63, 3.8) is 0 Å². The van der Waals surface area contributed by atoms with Gasteiger partial charge in [0, 0.05) is 17.1 Å². The second-order valence-electron chi connectivity index (χ2n) is 3.15. The summed E-state index contributed by atoms with van der Waals surface area (Å²) in [6.07, 6.45) is 2.20. The Morgan fingerprint density at radius 2 is 2.21 bits per heavy atom. The number of aliphatic hydroxyl groups is 1. The number of aromatic amines is 1. The highest BCUT2D eigenvalue weighted by Gasteiger charge is 2.06. The minimum absolute atomic E-state index is 0.00756. The molecule has 0 unspecified atom stereocenters. The van der Waals surface area contributed by atoms with E-state index in [0.717, 1.165) is 22.0 Å². The Labute approximate surface area is 81.6 Å². The molecule has 3 heteroatoms. The number of fused-ring (bicyclic) bond motifs is 1. The molecule has 2 aromatic rings. The summed E-state index contributed by atoms with van der Waals surface area (Å²) in [4.78, 5) is 3.09. The van der Waals surface area contributed by atoms with Crippen molar-refractivity contribution in [1.29, 1.82) is 5.26 Å². The lowest BCUT2D eigenvalue weighted by Gasteiger charge is -2.00. The number of nitrogens with one attached hydrogen (secondary N) is 1. The van der Waals surface area contributed by atoms with Crippen molar-refractivity contribution in [2.75, 3.05) is 0 Å². The lowest BCUT2D eigenvalue weighted by atomic mass is 10.1. The van der Waals surface area contributed by atoms with Crippen LogP contribution in [-0.4, -0.2) is 10.1 Å². The van der Waals surface area contributed by atoms with Gasteiger partial charge in [0.2, 0.25) is 0 Å². The summed E-state index contributed by atoms with van der Waals surface area (Å²) in [5.41, 5.74) is 2.79. The van der Waals surface area contributed by atoms with Crippen LogP contribution in [-0.2, 0) is 13.0 Å². The second-order valence-corrected chi connectivity index (χ2v) is 3.15. The van der Waals surface area contributed by atoms with Crippen molar-refractivity contribution < 1.29 is 5.11 Å². The van der Waals surface area contributed by atoms with E-state index in [4.69, 9.17) is 10.4 Å². The van der Waals surface area contributed by atoms with Gasteiger partial charge in [-0.05, 0) is 17.2 Å². The number of rotatable bonds is 2. The lowest BCUT2D eigenvalue weighted by Crippen LogP contribution is -1.86. The van der Waals surface area contributed by atoms with Gasteiger partial charge in [-0.3, -0.25) is 0 Å². The summed E-state index contributed by atoms with van der Waals surface area (Å²) < 4.78 is 0. The zero-order valence-corrected chi connectivity index (χ0v) is 7.62. The third-order valence-corrected chi connectivity index (χ3v) is 2.31. The predicted octanol–water partition coefficient (Wildman–Crippen LogP) is 1.73. The van der Waals surface area contributed by atoms with Gasteiger partial charge in [0.25, 0.3) is 0 Å². The van der Waals surface area contributed by atoms with Crippen LogP contribution in [0.1, 0.15) is 11.1 Å². The van der Waals surface area contributed by atoms with E-state index in [0.29, 0.717) is 6.42 Å². The normalized spacial score (nSPS) is 10.3. The molecule has 2 rings (SSSR count). The number of benzene rings is 1. The van der Waals surface area contributed by atoms with Crippen molar-refractivity contribution >= 4 is 10.9 Å². The van der Waals surface area contributed by atoms with Crippen molar-refractivity contribution in [1.82, 2.24) is 4.98 Å². The summed E-state index contributed by atoms with van der Waals surface area (Å²) >= 11 is 0. The van der Waals surface area contributed by atoms with Crippen LogP contribution in [0.3, 0.4) is 0 Å². The molecule has 70 valence electrons. The van der Waals surface area contributed by atoms with Gasteiger partial charge < -0.3 is 10.1 Å². The largest absolute Gasteiger partial charge is 0.392 e. The molecule has 0 spiro atoms. The van der Waals surface area contributed by atoms with E-state index in [-0.39, 0.29) is 6.61 Å². The van der Waals surface area contributed by atoms with Crippen LogP contribution in [0.4, 0.5) is 0 Å². The fourth-order valence-electron chi connectivity index (χ4n) is 1.69. The Hall–Kier alpha value is -1.79. The molecule has 1 heterocycles. The number of nitriles is 1. The van der Waals surface area contributed by atoms with Gasteiger partial charge >= 0.3 is 0 Å². The van der Waals surface area contributed by atoms with E-state index < -0.39 is 0 Å². The SMILES string of the molecule is N#CCc1c[nH]c2cccc(CO)c12. The van der Waals surface area contributed by atoms with E-state index in [1.807, 2.05) is 24.4 Å². The zero-order chi connectivity index (χ0) is 9.97. The molecule has 0 saturated carbocycles. The van der Waals surface area contributed by atoms with Crippen molar-refractivity contribution in [2.45, 2.75) is 13.0 Å². The standard InChI is InChI=1S/C11H10N2O/c12-5-4-8-6-13-10-3-1-2-9(7-14)11(8)10/h1-3,6,13-14H,4,7H2. The molecule has 2 N–H and O–H groups in total. The van der Waals surface area contributed by atoms with Crippen LogP contribution in [0.2, 0.25) is 0 Å². The van der Waals surface area contributed by atoms with Crippen LogP contribution in [0.15, 0.2) is 24.4 Å². The number of hydrogen-bond donors (Lipinski definition) is 2. The Morgan fingerprint density at radius 1 is 1.36 bits per heavy atom. The molecule has 0 bridgehead atoms. The predicted molar refractivity (Wildman–Crippen MR) is 53.5 cm³/mol. The Balaban J connectivity index is 2.69. The van der Waals surface area contributed by atoms with Gasteiger partial charge in [0.1, 0.15) is 0 Å². The molecule has 0 aliphatic heterocycles. The zero-order valence-electron chi connectivity index (χ0n) is 7.62. The highest BCUT2D eigenvalue weighted by Crippen LogP contribution is 2.22. The second kappa shape index (κ2) is 3.52. The first-order valence-electron chi connectivity index (χ1n) is 4.42. The first-order valence-corrected chi connectivity index (χ1v) is 4.42. The Bertz CT molecular complexity index is 493. The molecular formula is C11H10N2O. The van der Waals surface area contributed by atoms with E-state index in [1.54, 1.807) is 0 Å². The van der Waals surface area contributed by atoms with Gasteiger partial charge in [-0.2, -0.15) is 5.26 Å². The number of aliphatic hydroxyl groups excluding tert-OH is 1. The number of H-pyrrole nitrogens is 1. The molecule has 0 aliphatic rings. The van der Waals surface area contributed by atoms with Crippen LogP contribution < -0.4 is 0 Å². The average molecular weight is 186 g/mol. The maximum absolute atomic E-state index is 9.15. The lowest BCUT2D eigenvalue weighted by molar-refractivity contribution is 0.283. The first-order chi connectivity index (χ1) is 6.86. The molecule has 3 nitrogen and oxygen atoms in total. The molecule has 14 heavy (non-hydrogen) atoms. The topological polar surface area (TPSA) is 59.8 Å². The molecule has 0 saturated heterocycles. The van der Waals surface area contributed by atoms with Crippen molar-refractivity contribution in [3.8, 4) is 6.07 Å². The van der Waals surface area contributed by atoms with E-state index in [2.05, 4.69) is 11.1 Å². The van der Waals surface area contributed by atoms with E-state index in [1.165, 1.54) is 0 Å². The number of nitrogens with zero attached hydrogens (tertiary/aromatic N) is 1. The summed E-state index contributed by atoms with van der Waals surface area (Å²) in [6.45, 7) is 0.00756. The highest BCUT2D eigenvalue weighted by molar-refractivity contribution is 5.86. The number of hydrogen-bond acceptors (Lipinski definition) is 2. The van der Waals surface area contributed by atoms with Gasteiger partial charge in [-0.25, -0.2) is 0 Å². The minimum Gasteiger partial charge on any atom is -0.392 e. The molecule has 0 fully saturated rings. The van der Waals surface area contributed by atoms with Crippen LogP contribution >= 0.6 is 0 Å². The summed E-state index contributed by atoms with van der Waals surface area (Å²) in [5, 5.41) is 18.8. The first kappa shape index (κ1) is 8.79.